The van der Waals surface area contributed by atoms with Gasteiger partial charge in [-0.15, -0.1) is 10.2 Å². The van der Waals surface area contributed by atoms with Gasteiger partial charge in [-0.1, -0.05) is 29.8 Å². The van der Waals surface area contributed by atoms with Gasteiger partial charge in [-0.25, -0.2) is 4.39 Å². The van der Waals surface area contributed by atoms with Crippen molar-refractivity contribution in [2.24, 2.45) is 0 Å². The maximum absolute atomic E-state index is 12.9. The number of nitrogens with one attached hydrogen (secondary N) is 2. The largest absolute Gasteiger partial charge is 0.365 e. The quantitative estimate of drug-likeness (QED) is 0.744. The maximum Gasteiger partial charge on any atom is 0.256 e. The lowest BCUT2D eigenvalue weighted by Crippen LogP contribution is -2.13. The van der Waals surface area contributed by atoms with Gasteiger partial charge in [0.25, 0.3) is 5.91 Å². The summed E-state index contributed by atoms with van der Waals surface area (Å²) in [6.45, 7) is 2.68. The molecule has 3 aromatic rings. The fourth-order valence-corrected chi connectivity index (χ4v) is 2.18. The number of aryl methyl sites for hydroxylation is 1. The van der Waals surface area contributed by atoms with Crippen molar-refractivity contribution in [2.45, 2.75) is 13.5 Å². The van der Waals surface area contributed by atoms with Crippen molar-refractivity contribution in [1.82, 2.24) is 10.2 Å². The van der Waals surface area contributed by atoms with Gasteiger partial charge in [0.15, 0.2) is 5.82 Å². The van der Waals surface area contributed by atoms with Crippen LogP contribution in [-0.2, 0) is 6.54 Å². The number of carbonyl (C=O) groups is 1. The molecule has 0 bridgehead atoms. The lowest BCUT2D eigenvalue weighted by atomic mass is 10.1. The Morgan fingerprint density at radius 2 is 1.56 bits per heavy atom. The van der Waals surface area contributed by atoms with E-state index in [2.05, 4.69) is 33.0 Å². The first-order chi connectivity index (χ1) is 12.1. The summed E-state index contributed by atoms with van der Waals surface area (Å²) in [6.07, 6.45) is 0. The number of aromatic nitrogens is 2. The molecule has 0 aliphatic rings. The van der Waals surface area contributed by atoms with Gasteiger partial charge in [-0.3, -0.25) is 4.79 Å². The highest BCUT2D eigenvalue weighted by atomic mass is 19.1. The third-order valence-corrected chi connectivity index (χ3v) is 3.61. The Bertz CT molecular complexity index is 846. The molecule has 126 valence electrons. The number of benzene rings is 2. The molecule has 3 rings (SSSR count). The van der Waals surface area contributed by atoms with Crippen LogP contribution in [0.3, 0.4) is 0 Å². The van der Waals surface area contributed by atoms with Crippen molar-refractivity contribution >= 4 is 17.5 Å². The molecule has 1 heterocycles. The van der Waals surface area contributed by atoms with Crippen molar-refractivity contribution in [3.63, 3.8) is 0 Å². The molecule has 2 N–H and O–H groups in total. The maximum atomic E-state index is 12.9. The van der Waals surface area contributed by atoms with Gasteiger partial charge in [0.2, 0.25) is 0 Å². The minimum Gasteiger partial charge on any atom is -0.365 e. The Balaban J connectivity index is 1.57. The summed E-state index contributed by atoms with van der Waals surface area (Å²) in [4.78, 5) is 12.0. The van der Waals surface area contributed by atoms with E-state index in [1.165, 1.54) is 29.8 Å². The predicted molar refractivity (Wildman–Crippen MR) is 94.9 cm³/mol. The highest BCUT2D eigenvalue weighted by Gasteiger charge is 2.07. The zero-order valence-corrected chi connectivity index (χ0v) is 13.7. The van der Waals surface area contributed by atoms with E-state index in [1.54, 1.807) is 12.1 Å². The molecule has 0 spiro atoms. The Morgan fingerprint density at radius 3 is 2.20 bits per heavy atom. The van der Waals surface area contributed by atoms with Crippen molar-refractivity contribution < 1.29 is 9.18 Å². The molecular weight excluding hydrogens is 319 g/mol. The molecule has 0 saturated heterocycles. The first kappa shape index (κ1) is 16.6. The first-order valence-corrected chi connectivity index (χ1v) is 7.80. The van der Waals surface area contributed by atoms with Gasteiger partial charge < -0.3 is 10.6 Å². The number of hydrogen-bond donors (Lipinski definition) is 2. The number of nitrogens with zero attached hydrogens (tertiary/aromatic N) is 2. The van der Waals surface area contributed by atoms with Crippen LogP contribution in [-0.4, -0.2) is 16.1 Å². The molecule has 2 aromatic carbocycles. The van der Waals surface area contributed by atoms with Crippen LogP contribution in [0.15, 0.2) is 60.7 Å². The van der Waals surface area contributed by atoms with Crippen LogP contribution in [0, 0.1) is 12.7 Å². The lowest BCUT2D eigenvalue weighted by Gasteiger charge is -2.07. The van der Waals surface area contributed by atoms with Crippen molar-refractivity contribution in [1.29, 1.82) is 0 Å². The van der Waals surface area contributed by atoms with Crippen molar-refractivity contribution in [3.05, 3.63) is 83.2 Å². The second-order valence-corrected chi connectivity index (χ2v) is 5.60. The second kappa shape index (κ2) is 7.53. The van der Waals surface area contributed by atoms with Crippen molar-refractivity contribution in [3.8, 4) is 0 Å². The normalized spacial score (nSPS) is 10.3. The highest BCUT2D eigenvalue weighted by molar-refractivity contribution is 6.03. The Hall–Kier alpha value is -3.28. The summed E-state index contributed by atoms with van der Waals surface area (Å²) in [5.74, 6) is 0.186. The highest BCUT2D eigenvalue weighted by Crippen LogP contribution is 2.11. The smallest absolute Gasteiger partial charge is 0.256 e. The molecule has 25 heavy (non-hydrogen) atoms. The van der Waals surface area contributed by atoms with E-state index in [0.29, 0.717) is 23.7 Å². The van der Waals surface area contributed by atoms with Crippen LogP contribution in [0.5, 0.6) is 0 Å². The fraction of sp³-hybridized carbons (Fsp3) is 0.105. The molecular formula is C19H17FN4O. The van der Waals surface area contributed by atoms with Crippen molar-refractivity contribution in [2.75, 3.05) is 10.6 Å². The summed E-state index contributed by atoms with van der Waals surface area (Å²) in [6, 6.07) is 16.9. The summed E-state index contributed by atoms with van der Waals surface area (Å²) in [5, 5.41) is 13.8. The summed E-state index contributed by atoms with van der Waals surface area (Å²) >= 11 is 0. The summed E-state index contributed by atoms with van der Waals surface area (Å²) in [5.41, 5.74) is 2.70. The Labute approximate surface area is 144 Å². The number of halogens is 1. The first-order valence-electron chi connectivity index (χ1n) is 7.80. The molecule has 0 atom stereocenters. The summed E-state index contributed by atoms with van der Waals surface area (Å²) < 4.78 is 12.9. The molecule has 0 saturated carbocycles. The zero-order chi connectivity index (χ0) is 17.6. The Kier molecular flexibility index (Phi) is 4.99. The third kappa shape index (κ3) is 4.60. The van der Waals surface area contributed by atoms with Crippen LogP contribution < -0.4 is 10.6 Å². The fourth-order valence-electron chi connectivity index (χ4n) is 2.18. The van der Waals surface area contributed by atoms with E-state index >= 15 is 0 Å². The third-order valence-electron chi connectivity index (χ3n) is 3.61. The molecule has 5 nitrogen and oxygen atoms in total. The minimum atomic E-state index is -0.389. The molecule has 1 amide bonds. The second-order valence-electron chi connectivity index (χ2n) is 5.60. The molecule has 1 aromatic heterocycles. The standard InChI is InChI=1S/C19H17FN4O/c1-13-2-4-14(5-3-13)12-21-17-10-11-18(24-23-17)22-19(25)15-6-8-16(20)9-7-15/h2-11H,12H2,1H3,(H,21,23)(H,22,24,25). The summed E-state index contributed by atoms with van der Waals surface area (Å²) in [7, 11) is 0. The van der Waals surface area contributed by atoms with E-state index < -0.39 is 0 Å². The van der Waals surface area contributed by atoms with Crippen LogP contribution in [0.4, 0.5) is 16.0 Å². The van der Waals surface area contributed by atoms with E-state index in [9.17, 15) is 9.18 Å². The molecule has 0 aliphatic carbocycles. The van der Waals surface area contributed by atoms with Gasteiger partial charge >= 0.3 is 0 Å². The van der Waals surface area contributed by atoms with E-state index in [4.69, 9.17) is 0 Å². The minimum absolute atomic E-state index is 0.329. The van der Waals surface area contributed by atoms with Gasteiger partial charge in [-0.05, 0) is 48.9 Å². The molecule has 0 unspecified atom stereocenters. The topological polar surface area (TPSA) is 66.9 Å². The average molecular weight is 336 g/mol. The molecule has 0 radical (unpaired) electrons. The van der Waals surface area contributed by atoms with Gasteiger partial charge in [0.05, 0.1) is 0 Å². The van der Waals surface area contributed by atoms with Crippen LogP contribution in [0.1, 0.15) is 21.5 Å². The van der Waals surface area contributed by atoms with E-state index in [1.807, 2.05) is 19.1 Å². The molecule has 0 aliphatic heterocycles. The van der Waals surface area contributed by atoms with Crippen LogP contribution in [0.25, 0.3) is 0 Å². The van der Waals surface area contributed by atoms with E-state index in [-0.39, 0.29) is 11.7 Å². The number of amides is 1. The predicted octanol–water partition coefficient (Wildman–Crippen LogP) is 3.79. The monoisotopic (exact) mass is 336 g/mol. The SMILES string of the molecule is Cc1ccc(CNc2ccc(NC(=O)c3ccc(F)cc3)nn2)cc1. The molecule has 0 fully saturated rings. The van der Waals surface area contributed by atoms with Gasteiger partial charge in [-0.2, -0.15) is 0 Å². The van der Waals surface area contributed by atoms with Gasteiger partial charge in [0.1, 0.15) is 11.6 Å². The lowest BCUT2D eigenvalue weighted by molar-refractivity contribution is 0.102. The van der Waals surface area contributed by atoms with E-state index in [0.717, 1.165) is 5.56 Å². The average Bonchev–Trinajstić information content (AvgIpc) is 2.63. The number of carbonyl (C=O) groups excluding carboxylic acids is 1. The number of anilines is 2. The molecule has 6 heteroatoms. The Morgan fingerprint density at radius 1 is 0.920 bits per heavy atom. The zero-order valence-electron chi connectivity index (χ0n) is 13.7. The number of rotatable bonds is 5. The number of hydrogen-bond acceptors (Lipinski definition) is 4. The van der Waals surface area contributed by atoms with Gasteiger partial charge in [0, 0.05) is 12.1 Å². The van der Waals surface area contributed by atoms with Crippen LogP contribution >= 0.6 is 0 Å². The van der Waals surface area contributed by atoms with Crippen LogP contribution in [0.2, 0.25) is 0 Å².